The maximum atomic E-state index is 10.6. The first-order chi connectivity index (χ1) is 5.98. The molecule has 1 saturated heterocycles. The number of hydrogen-bond donors (Lipinski definition) is 2. The van der Waals surface area contributed by atoms with Gasteiger partial charge in [0.2, 0.25) is 0 Å². The third kappa shape index (κ3) is 2.00. The Hall–Kier alpha value is -1.05. The van der Waals surface area contributed by atoms with E-state index in [0.717, 1.165) is 7.28 Å². The van der Waals surface area contributed by atoms with Crippen molar-refractivity contribution in [2.24, 2.45) is 0 Å². The molecule has 0 aromatic heterocycles. The topological polar surface area (TPSA) is 85.2 Å². The molecule has 1 radical (unpaired) electrons. The van der Waals surface area contributed by atoms with E-state index in [0.29, 0.717) is 0 Å². The summed E-state index contributed by atoms with van der Waals surface area (Å²) in [6.45, 7) is 4.83. The smallest absolute Gasteiger partial charge is 0.429 e. The number of aliphatic hydroxyl groups excluding tert-OH is 1. The number of ether oxygens (including phenoxy) is 2. The van der Waals surface area contributed by atoms with Crippen LogP contribution < -0.4 is 0 Å². The molecule has 1 heterocycles. The van der Waals surface area contributed by atoms with E-state index in [4.69, 9.17) is 10.4 Å². The molecule has 0 spiro atoms. The van der Waals surface area contributed by atoms with E-state index in [2.05, 4.69) is 20.9 Å². The van der Waals surface area contributed by atoms with E-state index in [1.807, 2.05) is 0 Å². The fourth-order valence-corrected chi connectivity index (χ4v) is 0.882. The molecule has 0 aromatic carbocycles. The second-order valence-electron chi connectivity index (χ2n) is 2.65. The van der Waals surface area contributed by atoms with E-state index in [-0.39, 0.29) is 5.76 Å². The summed E-state index contributed by atoms with van der Waals surface area (Å²) >= 11 is 0. The molecule has 1 aliphatic rings. The van der Waals surface area contributed by atoms with Crippen molar-refractivity contribution in [3.8, 4) is 0 Å². The normalized spacial score (nSPS) is 29.5. The molecule has 0 saturated carbocycles. The van der Waals surface area contributed by atoms with Crippen LogP contribution in [-0.4, -0.2) is 35.5 Å². The fourth-order valence-electron chi connectivity index (χ4n) is 0.882. The Morgan fingerprint density at radius 3 is 2.77 bits per heavy atom. The highest BCUT2D eigenvalue weighted by atomic mass is 17.1. The van der Waals surface area contributed by atoms with Crippen molar-refractivity contribution in [3.05, 3.63) is 12.3 Å². The van der Waals surface area contributed by atoms with Crippen molar-refractivity contribution in [2.45, 2.75) is 18.6 Å². The van der Waals surface area contributed by atoms with Crippen molar-refractivity contribution < 1.29 is 29.5 Å². The summed E-state index contributed by atoms with van der Waals surface area (Å²) in [5.41, 5.74) is -1.28. The first-order valence-corrected chi connectivity index (χ1v) is 3.42. The molecular weight excluding hydrogens is 179 g/mol. The Bertz CT molecular complexity index is 241. The Labute approximate surface area is 74.9 Å². The summed E-state index contributed by atoms with van der Waals surface area (Å²) in [5.74, 6) is 0.0219. The third-order valence-corrected chi connectivity index (χ3v) is 1.62. The van der Waals surface area contributed by atoms with E-state index in [1.54, 1.807) is 0 Å². The number of carbonyl (C=O) groups excluding carboxylic acids is 1. The number of aliphatic hydroxyl groups is 1. The Morgan fingerprint density at radius 1 is 1.77 bits per heavy atom. The van der Waals surface area contributed by atoms with E-state index in [9.17, 15) is 4.79 Å². The molecule has 0 aliphatic carbocycles. The molecule has 6 nitrogen and oxygen atoms in total. The molecule has 1 rings (SSSR count). The molecule has 7 heteroatoms. The zero-order chi connectivity index (χ0) is 10.1. The van der Waals surface area contributed by atoms with Gasteiger partial charge in [0, 0.05) is 0 Å². The highest BCUT2D eigenvalue weighted by Gasteiger charge is 2.45. The van der Waals surface area contributed by atoms with Crippen LogP contribution in [0.5, 0.6) is 0 Å². The van der Waals surface area contributed by atoms with Gasteiger partial charge in [0.1, 0.15) is 11.3 Å². The van der Waals surface area contributed by atoms with Gasteiger partial charge < -0.3 is 14.6 Å². The highest BCUT2D eigenvalue weighted by molar-refractivity contribution is 6.42. The van der Waals surface area contributed by atoms with Gasteiger partial charge in [-0.15, -0.1) is 0 Å². The van der Waals surface area contributed by atoms with Crippen LogP contribution in [0, 0.1) is 0 Å². The predicted molar refractivity (Wildman–Crippen MR) is 40.6 cm³/mol. The van der Waals surface area contributed by atoms with Gasteiger partial charge in [-0.25, -0.2) is 14.9 Å². The molecule has 2 unspecified atom stereocenters. The van der Waals surface area contributed by atoms with Gasteiger partial charge >= 0.3 is 6.16 Å². The van der Waals surface area contributed by atoms with Gasteiger partial charge in [0.25, 0.3) is 7.28 Å². The molecule has 0 aromatic rings. The number of rotatable bonds is 3. The van der Waals surface area contributed by atoms with Crippen LogP contribution in [0.15, 0.2) is 12.3 Å². The summed E-state index contributed by atoms with van der Waals surface area (Å²) in [4.78, 5) is 14.2. The lowest BCUT2D eigenvalue weighted by molar-refractivity contribution is -0.307. The second-order valence-corrected chi connectivity index (χ2v) is 2.65. The molecule has 0 amide bonds. The molecule has 1 aliphatic heterocycles. The second kappa shape index (κ2) is 3.37. The van der Waals surface area contributed by atoms with Crippen LogP contribution in [0.3, 0.4) is 0 Å². The molecule has 2 atom stereocenters. The number of carbonyl (C=O) groups is 1. The molecule has 13 heavy (non-hydrogen) atoms. The van der Waals surface area contributed by atoms with Crippen molar-refractivity contribution in [2.75, 3.05) is 0 Å². The lowest BCUT2D eigenvalue weighted by Crippen LogP contribution is -2.41. The van der Waals surface area contributed by atoms with Gasteiger partial charge in [0.05, 0.1) is 0 Å². The van der Waals surface area contributed by atoms with E-state index in [1.165, 1.54) is 6.92 Å². The van der Waals surface area contributed by atoms with Crippen molar-refractivity contribution >= 4 is 13.4 Å². The lowest BCUT2D eigenvalue weighted by atomic mass is 9.60. The Morgan fingerprint density at radius 2 is 2.38 bits per heavy atom. The van der Waals surface area contributed by atoms with Gasteiger partial charge in [-0.2, -0.15) is 0 Å². The van der Waals surface area contributed by atoms with Crippen molar-refractivity contribution in [1.29, 1.82) is 0 Å². The third-order valence-electron chi connectivity index (χ3n) is 1.62. The van der Waals surface area contributed by atoms with Crippen LogP contribution in [0.1, 0.15) is 6.92 Å². The largest absolute Gasteiger partial charge is 0.513 e. The summed E-state index contributed by atoms with van der Waals surface area (Å²) in [7, 11) is 1.03. The monoisotopic (exact) mass is 187 g/mol. The molecular formula is C6H8BO6. The van der Waals surface area contributed by atoms with Gasteiger partial charge in [0.15, 0.2) is 6.19 Å². The lowest BCUT2D eigenvalue weighted by Gasteiger charge is -2.20. The zero-order valence-corrected chi connectivity index (χ0v) is 6.89. The van der Waals surface area contributed by atoms with Crippen molar-refractivity contribution in [3.63, 3.8) is 0 Å². The van der Waals surface area contributed by atoms with Crippen LogP contribution in [0.25, 0.3) is 0 Å². The van der Waals surface area contributed by atoms with Crippen molar-refractivity contribution in [1.82, 2.24) is 0 Å². The minimum Gasteiger partial charge on any atom is -0.429 e. The van der Waals surface area contributed by atoms with E-state index >= 15 is 0 Å². The minimum absolute atomic E-state index is 0.0219. The molecule has 71 valence electrons. The summed E-state index contributed by atoms with van der Waals surface area (Å²) in [5, 5.41) is 16.9. The first-order valence-electron chi connectivity index (χ1n) is 3.42. The molecule has 0 bridgehead atoms. The quantitative estimate of drug-likeness (QED) is 0.210. The average Bonchev–Trinajstić information content (AvgIpc) is 2.25. The maximum absolute atomic E-state index is 10.6. The van der Waals surface area contributed by atoms with E-state index < -0.39 is 17.8 Å². The summed E-state index contributed by atoms with van der Waals surface area (Å²) < 4.78 is 9.15. The molecule has 2 N–H and O–H groups in total. The Balaban J connectivity index is 2.65. The van der Waals surface area contributed by atoms with Gasteiger partial charge in [-0.05, 0) is 6.92 Å². The highest BCUT2D eigenvalue weighted by Crippen LogP contribution is 2.28. The SMILES string of the molecule is C=C1OC(=O)OC1(C)[B]C(O)OO. The standard InChI is InChI=1S/C6H8BO6/c1-3-6(2,7-4(8)13-10)12-5(9)11-3/h4,8,10H,1H2,2H3. The molecule has 1 fully saturated rings. The zero-order valence-electron chi connectivity index (χ0n) is 6.89. The van der Waals surface area contributed by atoms with Crippen LogP contribution in [-0.2, 0) is 14.4 Å². The van der Waals surface area contributed by atoms with Crippen LogP contribution in [0.2, 0.25) is 0 Å². The van der Waals surface area contributed by atoms with Gasteiger partial charge in [-0.1, -0.05) is 6.58 Å². The minimum atomic E-state index is -1.57. The number of cyclic esters (lactones) is 2. The average molecular weight is 187 g/mol. The van der Waals surface area contributed by atoms with Gasteiger partial charge in [-0.3, -0.25) is 0 Å². The summed E-state index contributed by atoms with van der Waals surface area (Å²) in [6.07, 6.45) is -2.48. The van der Waals surface area contributed by atoms with Crippen LogP contribution >= 0.6 is 0 Å². The first kappa shape index (κ1) is 10.0. The number of hydrogen-bond acceptors (Lipinski definition) is 6. The Kier molecular flexibility index (Phi) is 2.60. The fraction of sp³-hybridized carbons (Fsp3) is 0.500. The van der Waals surface area contributed by atoms with Crippen LogP contribution in [0.4, 0.5) is 4.79 Å². The maximum Gasteiger partial charge on any atom is 0.513 e. The predicted octanol–water partition coefficient (Wildman–Crippen LogP) is -0.147. The summed E-state index contributed by atoms with van der Waals surface area (Å²) in [6, 6.07) is 0.